The standard InChI is InChI=1S/C28H35F2N5O3/c1-16(2)25-18(13-35-8-6-24(37)28(3,30)15-35)11-31-21-5-4-17(10-19(21)25)26-20(29)12-32-27(34-26)33-22-7-9-38-14-23(22)36/h4-5,10-12,16,22-24,36-37H,6-9,13-15H2,1-3H3,(H,32,33,34)/t22-,23-,24-,28+/m1/s1. The predicted molar refractivity (Wildman–Crippen MR) is 141 cm³/mol. The normalized spacial score (nSPS) is 26.7. The first kappa shape index (κ1) is 26.8. The molecule has 0 bridgehead atoms. The molecule has 0 saturated carbocycles. The molecule has 4 atom stereocenters. The number of piperidine rings is 1. The summed E-state index contributed by atoms with van der Waals surface area (Å²) in [6, 6.07) is 5.27. The molecule has 4 heterocycles. The number of hydrogen-bond donors (Lipinski definition) is 3. The number of fused-ring (bicyclic) bond motifs is 1. The molecule has 0 aliphatic carbocycles. The first-order valence-corrected chi connectivity index (χ1v) is 13.2. The van der Waals surface area contributed by atoms with E-state index in [1.165, 1.54) is 6.92 Å². The largest absolute Gasteiger partial charge is 0.390 e. The summed E-state index contributed by atoms with van der Waals surface area (Å²) in [5.41, 5.74) is 1.92. The number of likely N-dealkylation sites (tertiary alicyclic amines) is 1. The second-order valence-electron chi connectivity index (χ2n) is 10.9. The second-order valence-corrected chi connectivity index (χ2v) is 10.9. The van der Waals surface area contributed by atoms with Crippen LogP contribution in [-0.4, -0.2) is 80.3 Å². The van der Waals surface area contributed by atoms with E-state index in [-0.39, 0.29) is 36.8 Å². The Labute approximate surface area is 221 Å². The zero-order valence-corrected chi connectivity index (χ0v) is 22.0. The first-order valence-electron chi connectivity index (χ1n) is 13.2. The van der Waals surface area contributed by atoms with Crippen molar-refractivity contribution in [3.05, 3.63) is 47.5 Å². The second kappa shape index (κ2) is 10.8. The molecule has 204 valence electrons. The fraction of sp³-hybridized carbons (Fsp3) is 0.536. The van der Waals surface area contributed by atoms with Gasteiger partial charge in [-0.1, -0.05) is 19.9 Å². The number of pyridine rings is 1. The highest BCUT2D eigenvalue weighted by Crippen LogP contribution is 2.34. The minimum atomic E-state index is -1.66. The van der Waals surface area contributed by atoms with Gasteiger partial charge in [-0.2, -0.15) is 0 Å². The van der Waals surface area contributed by atoms with E-state index in [9.17, 15) is 19.0 Å². The van der Waals surface area contributed by atoms with Crippen molar-refractivity contribution in [2.45, 2.75) is 70.0 Å². The van der Waals surface area contributed by atoms with Gasteiger partial charge in [-0.25, -0.2) is 18.7 Å². The Morgan fingerprint density at radius 3 is 2.76 bits per heavy atom. The molecule has 0 radical (unpaired) electrons. The van der Waals surface area contributed by atoms with Crippen LogP contribution < -0.4 is 5.32 Å². The van der Waals surface area contributed by atoms with Crippen LogP contribution in [0.5, 0.6) is 0 Å². The maximum absolute atomic E-state index is 15.0. The average molecular weight is 528 g/mol. The molecule has 2 fully saturated rings. The summed E-state index contributed by atoms with van der Waals surface area (Å²) in [6.45, 7) is 7.63. The Balaban J connectivity index is 1.48. The van der Waals surface area contributed by atoms with Crippen molar-refractivity contribution in [3.63, 3.8) is 0 Å². The van der Waals surface area contributed by atoms with Gasteiger partial charge in [-0.3, -0.25) is 9.88 Å². The van der Waals surface area contributed by atoms with Gasteiger partial charge in [-0.05, 0) is 48.9 Å². The number of aromatic nitrogens is 3. The molecule has 2 aliphatic heterocycles. The Bertz CT molecular complexity index is 1300. The molecule has 1 aromatic carbocycles. The summed E-state index contributed by atoms with van der Waals surface area (Å²) < 4.78 is 35.1. The molecule has 38 heavy (non-hydrogen) atoms. The average Bonchev–Trinajstić information content (AvgIpc) is 2.88. The number of benzene rings is 1. The first-order chi connectivity index (χ1) is 18.1. The van der Waals surface area contributed by atoms with E-state index in [4.69, 9.17) is 4.74 Å². The lowest BCUT2D eigenvalue weighted by molar-refractivity contribution is -0.0592. The lowest BCUT2D eigenvalue weighted by atomic mass is 9.90. The fourth-order valence-electron chi connectivity index (χ4n) is 5.51. The number of nitrogens with zero attached hydrogens (tertiary/aromatic N) is 4. The van der Waals surface area contributed by atoms with Crippen LogP contribution in [0.2, 0.25) is 0 Å². The molecular formula is C28H35F2N5O3. The molecule has 2 aromatic heterocycles. The monoisotopic (exact) mass is 527 g/mol. The van der Waals surface area contributed by atoms with E-state index in [0.29, 0.717) is 38.1 Å². The van der Waals surface area contributed by atoms with Crippen LogP contribution in [-0.2, 0) is 11.3 Å². The van der Waals surface area contributed by atoms with Crippen LogP contribution in [0.25, 0.3) is 22.2 Å². The van der Waals surface area contributed by atoms with Gasteiger partial charge in [0.1, 0.15) is 11.4 Å². The van der Waals surface area contributed by atoms with Crippen molar-refractivity contribution >= 4 is 16.9 Å². The van der Waals surface area contributed by atoms with Gasteiger partial charge in [0.25, 0.3) is 0 Å². The zero-order chi connectivity index (χ0) is 27.0. The summed E-state index contributed by atoms with van der Waals surface area (Å²) in [4.78, 5) is 15.2. The molecular weight excluding hydrogens is 492 g/mol. The smallest absolute Gasteiger partial charge is 0.223 e. The van der Waals surface area contributed by atoms with Crippen molar-refractivity contribution in [2.75, 3.05) is 31.6 Å². The number of anilines is 1. The molecule has 0 unspecified atom stereocenters. The van der Waals surface area contributed by atoms with Crippen molar-refractivity contribution < 1.29 is 23.7 Å². The lowest BCUT2D eigenvalue weighted by Gasteiger charge is -2.39. The minimum absolute atomic E-state index is 0.139. The van der Waals surface area contributed by atoms with Crippen LogP contribution in [0, 0.1) is 5.82 Å². The van der Waals surface area contributed by atoms with Crippen LogP contribution in [0.1, 0.15) is 50.7 Å². The van der Waals surface area contributed by atoms with Gasteiger partial charge in [-0.15, -0.1) is 0 Å². The van der Waals surface area contributed by atoms with Crippen molar-refractivity contribution in [1.82, 2.24) is 19.9 Å². The van der Waals surface area contributed by atoms with Crippen molar-refractivity contribution in [3.8, 4) is 11.3 Å². The lowest BCUT2D eigenvalue weighted by Crippen LogP contribution is -2.52. The van der Waals surface area contributed by atoms with Gasteiger partial charge in [0.2, 0.25) is 5.95 Å². The molecule has 3 N–H and O–H groups in total. The van der Waals surface area contributed by atoms with Crippen LogP contribution >= 0.6 is 0 Å². The van der Waals surface area contributed by atoms with Crippen LogP contribution in [0.4, 0.5) is 14.7 Å². The highest BCUT2D eigenvalue weighted by molar-refractivity contribution is 5.88. The molecule has 2 saturated heterocycles. The summed E-state index contributed by atoms with van der Waals surface area (Å²) in [7, 11) is 0. The number of nitrogens with one attached hydrogen (secondary N) is 1. The topological polar surface area (TPSA) is 104 Å². The summed E-state index contributed by atoms with van der Waals surface area (Å²) in [5.74, 6) is -0.169. The minimum Gasteiger partial charge on any atom is -0.390 e. The maximum atomic E-state index is 15.0. The molecule has 0 amide bonds. The van der Waals surface area contributed by atoms with E-state index >= 15 is 0 Å². The highest BCUT2D eigenvalue weighted by atomic mass is 19.1. The third-order valence-corrected chi connectivity index (χ3v) is 7.57. The van der Waals surface area contributed by atoms with Gasteiger partial charge >= 0.3 is 0 Å². The zero-order valence-electron chi connectivity index (χ0n) is 22.0. The molecule has 5 rings (SSSR count). The third kappa shape index (κ3) is 5.49. The van der Waals surface area contributed by atoms with E-state index in [1.54, 1.807) is 6.07 Å². The number of rotatable bonds is 6. The number of hydrogen-bond acceptors (Lipinski definition) is 8. The van der Waals surface area contributed by atoms with Crippen LogP contribution in [0.15, 0.2) is 30.6 Å². The molecule has 8 nitrogen and oxygen atoms in total. The van der Waals surface area contributed by atoms with E-state index in [0.717, 1.165) is 28.2 Å². The summed E-state index contributed by atoms with van der Waals surface area (Å²) in [5, 5.41) is 24.2. The summed E-state index contributed by atoms with van der Waals surface area (Å²) in [6.07, 6.45) is 2.29. The molecule has 3 aromatic rings. The van der Waals surface area contributed by atoms with Gasteiger partial charge in [0.15, 0.2) is 5.82 Å². The number of aliphatic hydroxyl groups is 2. The fourth-order valence-corrected chi connectivity index (χ4v) is 5.51. The van der Waals surface area contributed by atoms with Gasteiger partial charge in [0, 0.05) is 43.4 Å². The van der Waals surface area contributed by atoms with E-state index in [2.05, 4.69) is 34.1 Å². The Hall–Kier alpha value is -2.79. The third-order valence-electron chi connectivity index (χ3n) is 7.57. The van der Waals surface area contributed by atoms with Crippen molar-refractivity contribution in [1.29, 1.82) is 0 Å². The highest BCUT2D eigenvalue weighted by Gasteiger charge is 2.39. The SMILES string of the molecule is CC(C)c1c(CN2CC[C@@H](O)[C@@](C)(F)C2)cnc2ccc(-c3nc(N[C@@H]4CCOC[C@H]4O)ncc3F)cc12. The number of ether oxygens (including phenoxy) is 1. The predicted octanol–water partition coefficient (Wildman–Crippen LogP) is 3.81. The van der Waals surface area contributed by atoms with Crippen LogP contribution in [0.3, 0.4) is 0 Å². The quantitative estimate of drug-likeness (QED) is 0.445. The molecule has 2 aliphatic rings. The number of alkyl halides is 1. The summed E-state index contributed by atoms with van der Waals surface area (Å²) >= 11 is 0. The Kier molecular flexibility index (Phi) is 7.59. The molecule has 0 spiro atoms. The van der Waals surface area contributed by atoms with E-state index < -0.39 is 23.7 Å². The molecule has 10 heteroatoms. The maximum Gasteiger partial charge on any atom is 0.223 e. The van der Waals surface area contributed by atoms with Gasteiger partial charge < -0.3 is 20.3 Å². The Morgan fingerprint density at radius 1 is 1.21 bits per heavy atom. The van der Waals surface area contributed by atoms with Gasteiger partial charge in [0.05, 0.1) is 36.6 Å². The number of aliphatic hydroxyl groups excluding tert-OH is 2. The van der Waals surface area contributed by atoms with Crippen molar-refractivity contribution in [2.24, 2.45) is 0 Å². The Morgan fingerprint density at radius 2 is 2.03 bits per heavy atom. The van der Waals surface area contributed by atoms with E-state index in [1.807, 2.05) is 23.2 Å². The number of halogens is 2.